The molecule has 2 aliphatic rings. The lowest BCUT2D eigenvalue weighted by atomic mass is 9.74. The van der Waals surface area contributed by atoms with Crippen LogP contribution in [0.5, 0.6) is 0 Å². The molecule has 104 valence electrons. The van der Waals surface area contributed by atoms with Gasteiger partial charge >= 0.3 is 0 Å². The Morgan fingerprint density at radius 2 is 2.00 bits per heavy atom. The summed E-state index contributed by atoms with van der Waals surface area (Å²) in [7, 11) is 0. The Morgan fingerprint density at radius 1 is 1.21 bits per heavy atom. The van der Waals surface area contributed by atoms with E-state index in [0.717, 1.165) is 44.4 Å². The van der Waals surface area contributed by atoms with Gasteiger partial charge in [-0.3, -0.25) is 0 Å². The molecule has 1 aliphatic heterocycles. The summed E-state index contributed by atoms with van der Waals surface area (Å²) in [5, 5.41) is 14.3. The van der Waals surface area contributed by atoms with Gasteiger partial charge in [-0.05, 0) is 56.4 Å². The van der Waals surface area contributed by atoms with Crippen LogP contribution in [0.4, 0.5) is 10.1 Å². The summed E-state index contributed by atoms with van der Waals surface area (Å²) < 4.78 is 18.6. The first kappa shape index (κ1) is 12.9. The summed E-state index contributed by atoms with van der Waals surface area (Å²) in [4.78, 5) is 0. The van der Waals surface area contributed by atoms with Crippen molar-refractivity contribution in [1.29, 1.82) is 0 Å². The summed E-state index contributed by atoms with van der Waals surface area (Å²) in [5.41, 5.74) is 0.0660. The molecule has 0 spiro atoms. The number of rotatable bonds is 2. The van der Waals surface area contributed by atoms with Crippen molar-refractivity contribution < 1.29 is 14.2 Å². The average Bonchev–Trinajstić information content (AvgIpc) is 2.42. The zero-order chi connectivity index (χ0) is 13.3. The van der Waals surface area contributed by atoms with E-state index in [1.54, 1.807) is 12.1 Å². The van der Waals surface area contributed by atoms with Crippen LogP contribution in [-0.4, -0.2) is 29.5 Å². The van der Waals surface area contributed by atoms with Crippen LogP contribution in [0.25, 0.3) is 0 Å². The lowest BCUT2D eigenvalue weighted by Crippen LogP contribution is -2.60. The maximum Gasteiger partial charge on any atom is 0.123 e. The molecule has 1 heterocycles. The first-order valence-electron chi connectivity index (χ1n) is 7.04. The minimum Gasteiger partial charge on any atom is -0.385 e. The van der Waals surface area contributed by atoms with Crippen molar-refractivity contribution in [2.45, 2.75) is 49.9 Å². The number of halogens is 1. The fraction of sp³-hybridized carbons (Fsp3) is 0.600. The molecule has 0 bridgehead atoms. The van der Waals surface area contributed by atoms with Crippen LogP contribution < -0.4 is 5.32 Å². The molecule has 1 saturated heterocycles. The molecule has 1 saturated carbocycles. The first-order valence-corrected chi connectivity index (χ1v) is 7.04. The molecule has 3 atom stereocenters. The highest BCUT2D eigenvalue weighted by Crippen LogP contribution is 2.39. The highest BCUT2D eigenvalue weighted by atomic mass is 19.1. The zero-order valence-corrected chi connectivity index (χ0v) is 10.9. The highest BCUT2D eigenvalue weighted by Gasteiger charge is 2.48. The Kier molecular flexibility index (Phi) is 3.46. The molecule has 4 heteroatoms. The Labute approximate surface area is 112 Å². The van der Waals surface area contributed by atoms with Crippen LogP contribution in [0.15, 0.2) is 24.3 Å². The van der Waals surface area contributed by atoms with Crippen LogP contribution in [0.3, 0.4) is 0 Å². The van der Waals surface area contributed by atoms with Gasteiger partial charge < -0.3 is 15.2 Å². The van der Waals surface area contributed by atoms with E-state index in [9.17, 15) is 9.50 Å². The number of hydrogen-bond donors (Lipinski definition) is 2. The maximum atomic E-state index is 12.9. The second-order valence-corrected chi connectivity index (χ2v) is 5.59. The van der Waals surface area contributed by atoms with E-state index in [2.05, 4.69) is 5.32 Å². The van der Waals surface area contributed by atoms with E-state index < -0.39 is 5.60 Å². The minimum absolute atomic E-state index is 0.0167. The second-order valence-electron chi connectivity index (χ2n) is 5.59. The van der Waals surface area contributed by atoms with Gasteiger partial charge in [-0.15, -0.1) is 0 Å². The fourth-order valence-corrected chi connectivity index (χ4v) is 3.32. The van der Waals surface area contributed by atoms with E-state index in [0.29, 0.717) is 0 Å². The quantitative estimate of drug-likeness (QED) is 0.864. The molecule has 2 N–H and O–H groups in total. The van der Waals surface area contributed by atoms with Crippen molar-refractivity contribution in [2.24, 2.45) is 0 Å². The molecule has 3 rings (SSSR count). The van der Waals surface area contributed by atoms with Gasteiger partial charge in [0.2, 0.25) is 0 Å². The molecule has 0 radical (unpaired) electrons. The molecular weight excluding hydrogens is 245 g/mol. The fourth-order valence-electron chi connectivity index (χ4n) is 3.32. The van der Waals surface area contributed by atoms with Crippen LogP contribution in [0.2, 0.25) is 0 Å². The predicted molar refractivity (Wildman–Crippen MR) is 71.6 cm³/mol. The molecular formula is C15H20FNO2. The summed E-state index contributed by atoms with van der Waals surface area (Å²) in [5.74, 6) is -0.244. The largest absolute Gasteiger partial charge is 0.385 e. The van der Waals surface area contributed by atoms with E-state index in [4.69, 9.17) is 4.74 Å². The summed E-state index contributed by atoms with van der Waals surface area (Å²) >= 11 is 0. The summed E-state index contributed by atoms with van der Waals surface area (Å²) in [6, 6.07) is 6.28. The Bertz CT molecular complexity index is 434. The van der Waals surface area contributed by atoms with Gasteiger partial charge in [0.1, 0.15) is 11.4 Å². The zero-order valence-electron chi connectivity index (χ0n) is 10.9. The third-order valence-corrected chi connectivity index (χ3v) is 4.35. The number of fused-ring (bicyclic) bond motifs is 1. The molecule has 0 aromatic heterocycles. The number of benzene rings is 1. The molecule has 2 unspecified atom stereocenters. The molecule has 19 heavy (non-hydrogen) atoms. The summed E-state index contributed by atoms with van der Waals surface area (Å²) in [6.07, 6.45) is 4.51. The number of aliphatic hydroxyl groups is 1. The highest BCUT2D eigenvalue weighted by molar-refractivity contribution is 5.44. The molecule has 1 aromatic rings. The first-order chi connectivity index (χ1) is 9.18. The molecule has 0 amide bonds. The van der Waals surface area contributed by atoms with Gasteiger partial charge in [0.25, 0.3) is 0 Å². The molecule has 1 aliphatic carbocycles. The predicted octanol–water partition coefficient (Wildman–Crippen LogP) is 2.70. The lowest BCUT2D eigenvalue weighted by Gasteiger charge is -2.48. The van der Waals surface area contributed by atoms with Crippen LogP contribution >= 0.6 is 0 Å². The van der Waals surface area contributed by atoms with Gasteiger partial charge in [-0.25, -0.2) is 4.39 Å². The number of nitrogens with one attached hydrogen (secondary N) is 1. The number of anilines is 1. The van der Waals surface area contributed by atoms with Crippen molar-refractivity contribution in [3.05, 3.63) is 30.1 Å². The van der Waals surface area contributed by atoms with Crippen molar-refractivity contribution in [1.82, 2.24) is 0 Å². The van der Waals surface area contributed by atoms with Crippen LogP contribution in [0, 0.1) is 5.82 Å². The van der Waals surface area contributed by atoms with Gasteiger partial charge in [0.15, 0.2) is 0 Å². The third-order valence-electron chi connectivity index (χ3n) is 4.35. The van der Waals surface area contributed by atoms with Gasteiger partial charge in [-0.2, -0.15) is 0 Å². The summed E-state index contributed by atoms with van der Waals surface area (Å²) in [6.45, 7) is 0.746. The van der Waals surface area contributed by atoms with Crippen molar-refractivity contribution in [3.63, 3.8) is 0 Å². The maximum absolute atomic E-state index is 12.9. The molecule has 2 fully saturated rings. The molecule has 1 aromatic carbocycles. The van der Waals surface area contributed by atoms with Crippen LogP contribution in [-0.2, 0) is 4.74 Å². The smallest absolute Gasteiger partial charge is 0.123 e. The monoisotopic (exact) mass is 265 g/mol. The van der Waals surface area contributed by atoms with Crippen molar-refractivity contribution in [3.8, 4) is 0 Å². The van der Waals surface area contributed by atoms with Gasteiger partial charge in [0, 0.05) is 12.3 Å². The van der Waals surface area contributed by atoms with Crippen LogP contribution in [0.1, 0.15) is 32.1 Å². The second kappa shape index (κ2) is 5.10. The van der Waals surface area contributed by atoms with Crippen molar-refractivity contribution >= 4 is 5.69 Å². The van der Waals surface area contributed by atoms with E-state index >= 15 is 0 Å². The Hall–Kier alpha value is -1.13. The Balaban J connectivity index is 1.77. The van der Waals surface area contributed by atoms with E-state index in [1.165, 1.54) is 12.1 Å². The van der Waals surface area contributed by atoms with Gasteiger partial charge in [0.05, 0.1) is 12.1 Å². The Morgan fingerprint density at radius 3 is 2.79 bits per heavy atom. The van der Waals surface area contributed by atoms with E-state index in [1.807, 2.05) is 0 Å². The van der Waals surface area contributed by atoms with E-state index in [-0.39, 0.29) is 18.0 Å². The normalized spacial score (nSPS) is 34.6. The SMILES string of the molecule is OC12CCCOC1CCC[C@H]2Nc1ccc(F)cc1. The standard InChI is InChI=1S/C15H20FNO2/c16-11-5-7-12(8-6-11)17-13-3-1-4-14-15(13,18)9-2-10-19-14/h5-8,13-14,17-18H,1-4,9-10H2/t13-,14?,15?/m1/s1. The third kappa shape index (κ3) is 2.47. The number of ether oxygens (including phenoxy) is 1. The lowest BCUT2D eigenvalue weighted by molar-refractivity contribution is -0.168. The minimum atomic E-state index is -0.787. The van der Waals surface area contributed by atoms with Crippen molar-refractivity contribution in [2.75, 3.05) is 11.9 Å². The molecule has 3 nitrogen and oxygen atoms in total. The average molecular weight is 265 g/mol. The number of hydrogen-bond acceptors (Lipinski definition) is 3. The topological polar surface area (TPSA) is 41.5 Å². The van der Waals surface area contributed by atoms with Gasteiger partial charge in [-0.1, -0.05) is 0 Å².